The van der Waals surface area contributed by atoms with E-state index in [-0.39, 0.29) is 12.1 Å². The maximum absolute atomic E-state index is 12.8. The zero-order valence-electron chi connectivity index (χ0n) is 10.8. The van der Waals surface area contributed by atoms with Crippen molar-refractivity contribution in [1.29, 1.82) is 0 Å². The molecule has 1 aliphatic rings. The maximum Gasteiger partial charge on any atom is 0.323 e. The standard InChI is InChI=1S/C14H14FN3O2/c15-10-5-6-13(16-9-10)17-14(19)18-7-1-3-11(18)12-4-2-8-20-12/h2,4-6,8-9,11H,1,3,7H2,(H,16,17,19)/t11-/m1/s1. The van der Waals surface area contributed by atoms with Crippen LogP contribution in [-0.4, -0.2) is 22.5 Å². The number of nitrogens with zero attached hydrogens (tertiary/aromatic N) is 2. The number of furan rings is 1. The summed E-state index contributed by atoms with van der Waals surface area (Å²) < 4.78 is 18.2. The molecule has 2 aromatic rings. The molecule has 0 aliphatic carbocycles. The summed E-state index contributed by atoms with van der Waals surface area (Å²) in [5, 5.41) is 2.67. The fourth-order valence-electron chi connectivity index (χ4n) is 2.42. The first kappa shape index (κ1) is 12.7. The first-order chi connectivity index (χ1) is 9.74. The highest BCUT2D eigenvalue weighted by Crippen LogP contribution is 2.32. The van der Waals surface area contributed by atoms with Gasteiger partial charge < -0.3 is 9.32 Å². The molecule has 0 bridgehead atoms. The van der Waals surface area contributed by atoms with Gasteiger partial charge in [-0.1, -0.05) is 0 Å². The van der Waals surface area contributed by atoms with Crippen molar-refractivity contribution >= 4 is 11.8 Å². The molecule has 0 saturated carbocycles. The third-order valence-corrected chi connectivity index (χ3v) is 3.35. The van der Waals surface area contributed by atoms with E-state index in [1.54, 1.807) is 11.2 Å². The monoisotopic (exact) mass is 275 g/mol. The number of nitrogens with one attached hydrogen (secondary N) is 1. The summed E-state index contributed by atoms with van der Waals surface area (Å²) in [6.07, 6.45) is 4.47. The van der Waals surface area contributed by atoms with E-state index < -0.39 is 5.82 Å². The SMILES string of the molecule is O=C(Nc1ccc(F)cn1)N1CCC[C@@H]1c1ccco1. The molecule has 0 aromatic carbocycles. The summed E-state index contributed by atoms with van der Waals surface area (Å²) in [5.41, 5.74) is 0. The highest BCUT2D eigenvalue weighted by atomic mass is 19.1. The van der Waals surface area contributed by atoms with Gasteiger partial charge in [-0.15, -0.1) is 0 Å². The lowest BCUT2D eigenvalue weighted by molar-refractivity contribution is 0.200. The van der Waals surface area contributed by atoms with Crippen LogP contribution in [-0.2, 0) is 0 Å². The molecule has 1 N–H and O–H groups in total. The number of urea groups is 1. The summed E-state index contributed by atoms with van der Waals surface area (Å²) in [7, 11) is 0. The molecule has 1 aliphatic heterocycles. The molecule has 1 saturated heterocycles. The van der Waals surface area contributed by atoms with Crippen LogP contribution >= 0.6 is 0 Å². The molecule has 2 amide bonds. The Morgan fingerprint density at radius 2 is 2.35 bits per heavy atom. The lowest BCUT2D eigenvalue weighted by Crippen LogP contribution is -2.34. The van der Waals surface area contributed by atoms with E-state index in [9.17, 15) is 9.18 Å². The largest absolute Gasteiger partial charge is 0.467 e. The van der Waals surface area contributed by atoms with Crippen LogP contribution < -0.4 is 5.32 Å². The zero-order chi connectivity index (χ0) is 13.9. The molecule has 20 heavy (non-hydrogen) atoms. The number of halogens is 1. The minimum absolute atomic E-state index is 0.0505. The van der Waals surface area contributed by atoms with Gasteiger partial charge in [0.05, 0.1) is 18.5 Å². The Labute approximate surface area is 115 Å². The van der Waals surface area contributed by atoms with E-state index in [0.717, 1.165) is 24.8 Å². The van der Waals surface area contributed by atoms with Gasteiger partial charge in [0.15, 0.2) is 0 Å². The predicted octanol–water partition coefficient (Wildman–Crippen LogP) is 3.18. The van der Waals surface area contributed by atoms with Gasteiger partial charge in [0.1, 0.15) is 17.4 Å². The van der Waals surface area contributed by atoms with Gasteiger partial charge in [0, 0.05) is 6.54 Å². The molecule has 6 heteroatoms. The number of carbonyl (C=O) groups is 1. The van der Waals surface area contributed by atoms with E-state index in [4.69, 9.17) is 4.42 Å². The number of amides is 2. The van der Waals surface area contributed by atoms with Crippen LogP contribution in [0.4, 0.5) is 15.0 Å². The van der Waals surface area contributed by atoms with Gasteiger partial charge in [0.2, 0.25) is 0 Å². The molecule has 1 atom stereocenters. The summed E-state index contributed by atoms with van der Waals surface area (Å²) in [6.45, 7) is 0.665. The van der Waals surface area contributed by atoms with Crippen LogP contribution in [0.25, 0.3) is 0 Å². The number of likely N-dealkylation sites (tertiary alicyclic amines) is 1. The van der Waals surface area contributed by atoms with Gasteiger partial charge in [-0.2, -0.15) is 0 Å². The van der Waals surface area contributed by atoms with E-state index in [1.165, 1.54) is 12.1 Å². The number of hydrogen-bond acceptors (Lipinski definition) is 3. The number of hydrogen-bond donors (Lipinski definition) is 1. The topological polar surface area (TPSA) is 58.4 Å². The first-order valence-corrected chi connectivity index (χ1v) is 6.46. The lowest BCUT2D eigenvalue weighted by atomic mass is 10.2. The fraction of sp³-hybridized carbons (Fsp3) is 0.286. The van der Waals surface area contributed by atoms with Crippen LogP contribution in [0.15, 0.2) is 41.1 Å². The van der Waals surface area contributed by atoms with Gasteiger partial charge in [0.25, 0.3) is 0 Å². The lowest BCUT2D eigenvalue weighted by Gasteiger charge is -2.23. The average Bonchev–Trinajstić information content (AvgIpc) is 3.11. The number of rotatable bonds is 2. The normalized spacial score (nSPS) is 18.2. The highest BCUT2D eigenvalue weighted by molar-refractivity contribution is 5.88. The molecule has 1 fully saturated rings. The molecule has 3 heterocycles. The first-order valence-electron chi connectivity index (χ1n) is 6.46. The number of pyridine rings is 1. The third kappa shape index (κ3) is 2.49. The summed E-state index contributed by atoms with van der Waals surface area (Å²) in [6, 6.07) is 6.08. The Balaban J connectivity index is 1.71. The quantitative estimate of drug-likeness (QED) is 0.915. The smallest absolute Gasteiger partial charge is 0.323 e. The molecule has 5 nitrogen and oxygen atoms in total. The van der Waals surface area contributed by atoms with Crippen molar-refractivity contribution in [2.24, 2.45) is 0 Å². The Hall–Kier alpha value is -2.37. The molecule has 0 radical (unpaired) electrons. The van der Waals surface area contributed by atoms with E-state index in [0.29, 0.717) is 12.4 Å². The van der Waals surface area contributed by atoms with E-state index in [2.05, 4.69) is 10.3 Å². The van der Waals surface area contributed by atoms with Crippen LogP contribution in [0.5, 0.6) is 0 Å². The Morgan fingerprint density at radius 3 is 3.05 bits per heavy atom. The van der Waals surface area contributed by atoms with Crippen molar-refractivity contribution in [2.45, 2.75) is 18.9 Å². The summed E-state index contributed by atoms with van der Waals surface area (Å²) in [5.74, 6) is 0.684. The second-order valence-electron chi connectivity index (χ2n) is 4.66. The Bertz CT molecular complexity index is 583. The molecule has 0 unspecified atom stereocenters. The van der Waals surface area contributed by atoms with Crippen molar-refractivity contribution in [3.8, 4) is 0 Å². The van der Waals surface area contributed by atoms with E-state index >= 15 is 0 Å². The molecule has 2 aromatic heterocycles. The molecule has 0 spiro atoms. The average molecular weight is 275 g/mol. The molecular formula is C14H14FN3O2. The van der Waals surface area contributed by atoms with Crippen molar-refractivity contribution in [1.82, 2.24) is 9.88 Å². The minimum atomic E-state index is -0.433. The minimum Gasteiger partial charge on any atom is -0.467 e. The second kappa shape index (κ2) is 5.32. The van der Waals surface area contributed by atoms with Crippen molar-refractivity contribution in [3.05, 3.63) is 48.3 Å². The van der Waals surface area contributed by atoms with Gasteiger partial charge in [-0.05, 0) is 37.1 Å². The molecule has 3 rings (SSSR count). The van der Waals surface area contributed by atoms with Crippen LogP contribution in [0.2, 0.25) is 0 Å². The van der Waals surface area contributed by atoms with Crippen molar-refractivity contribution < 1.29 is 13.6 Å². The van der Waals surface area contributed by atoms with Gasteiger partial charge in [-0.25, -0.2) is 14.2 Å². The van der Waals surface area contributed by atoms with Crippen LogP contribution in [0.3, 0.4) is 0 Å². The number of carbonyl (C=O) groups excluding carboxylic acids is 1. The third-order valence-electron chi connectivity index (χ3n) is 3.35. The molecular weight excluding hydrogens is 261 g/mol. The predicted molar refractivity (Wildman–Crippen MR) is 70.6 cm³/mol. The van der Waals surface area contributed by atoms with E-state index in [1.807, 2.05) is 12.1 Å². The Morgan fingerprint density at radius 1 is 1.45 bits per heavy atom. The van der Waals surface area contributed by atoms with Crippen LogP contribution in [0, 0.1) is 5.82 Å². The van der Waals surface area contributed by atoms with Gasteiger partial charge in [-0.3, -0.25) is 5.32 Å². The van der Waals surface area contributed by atoms with Gasteiger partial charge >= 0.3 is 6.03 Å². The molecule has 104 valence electrons. The second-order valence-corrected chi connectivity index (χ2v) is 4.66. The fourth-order valence-corrected chi connectivity index (χ4v) is 2.42. The van der Waals surface area contributed by atoms with Crippen molar-refractivity contribution in [3.63, 3.8) is 0 Å². The maximum atomic E-state index is 12.8. The van der Waals surface area contributed by atoms with Crippen LogP contribution in [0.1, 0.15) is 24.6 Å². The summed E-state index contributed by atoms with van der Waals surface area (Å²) in [4.78, 5) is 17.8. The van der Waals surface area contributed by atoms with Crippen molar-refractivity contribution in [2.75, 3.05) is 11.9 Å². The summed E-state index contributed by atoms with van der Waals surface area (Å²) >= 11 is 0. The number of aromatic nitrogens is 1. The Kier molecular flexibility index (Phi) is 3.37. The zero-order valence-corrected chi connectivity index (χ0v) is 10.8. The number of anilines is 1. The highest BCUT2D eigenvalue weighted by Gasteiger charge is 2.31.